The van der Waals surface area contributed by atoms with Crippen LogP contribution >= 0.6 is 0 Å². The zero-order valence-corrected chi connectivity index (χ0v) is 7.99. The summed E-state index contributed by atoms with van der Waals surface area (Å²) < 4.78 is 5.47. The second-order valence-corrected chi connectivity index (χ2v) is 4.71. The van der Waals surface area contributed by atoms with Gasteiger partial charge in [0.05, 0.1) is 12.2 Å². The van der Waals surface area contributed by atoms with Crippen LogP contribution in [0, 0.1) is 12.0 Å². The van der Waals surface area contributed by atoms with Gasteiger partial charge in [-0.25, -0.2) is 0 Å². The van der Waals surface area contributed by atoms with Gasteiger partial charge >= 0.3 is 0 Å². The van der Waals surface area contributed by atoms with Crippen molar-refractivity contribution in [3.8, 4) is 0 Å². The maximum absolute atomic E-state index is 5.47. The van der Waals surface area contributed by atoms with Crippen LogP contribution in [0.4, 0.5) is 0 Å². The lowest BCUT2D eigenvalue weighted by molar-refractivity contribution is 0.0119. The summed E-state index contributed by atoms with van der Waals surface area (Å²) in [6.07, 6.45) is 0. The summed E-state index contributed by atoms with van der Waals surface area (Å²) in [5.74, 6) is 0. The van der Waals surface area contributed by atoms with Gasteiger partial charge in [-0.05, 0) is 26.2 Å². The van der Waals surface area contributed by atoms with Crippen molar-refractivity contribution in [2.24, 2.45) is 5.41 Å². The fourth-order valence-corrected chi connectivity index (χ4v) is 0.354. The van der Waals surface area contributed by atoms with Gasteiger partial charge in [-0.15, -0.1) is 0 Å². The lowest BCUT2D eigenvalue weighted by atomic mass is 9.98. The van der Waals surface area contributed by atoms with E-state index in [9.17, 15) is 0 Å². The molecule has 0 aromatic heterocycles. The molecule has 0 aromatic rings. The zero-order valence-electron chi connectivity index (χ0n) is 7.99. The molecule has 0 aliphatic carbocycles. The molecule has 1 radical (unpaired) electrons. The van der Waals surface area contributed by atoms with Gasteiger partial charge in [-0.1, -0.05) is 20.8 Å². The van der Waals surface area contributed by atoms with E-state index in [1.165, 1.54) is 0 Å². The van der Waals surface area contributed by atoms with Crippen LogP contribution in [0.2, 0.25) is 0 Å². The lowest BCUT2D eigenvalue weighted by Gasteiger charge is -2.25. The van der Waals surface area contributed by atoms with E-state index >= 15 is 0 Å². The molecule has 1 nitrogen and oxygen atoms in total. The quantitative estimate of drug-likeness (QED) is 0.548. The predicted octanol–water partition coefficient (Wildman–Crippen LogP) is 3.01. The molecule has 0 saturated carbocycles. The van der Waals surface area contributed by atoms with Crippen molar-refractivity contribution >= 4 is 0 Å². The molecule has 0 N–H and O–H groups in total. The van der Waals surface area contributed by atoms with E-state index in [-0.39, 0.29) is 11.0 Å². The highest BCUT2D eigenvalue weighted by atomic mass is 16.5. The molecule has 0 amide bonds. The monoisotopic (exact) mass is 143 g/mol. The Morgan fingerprint density at radius 2 is 1.30 bits per heavy atom. The largest absolute Gasteiger partial charge is 0.369 e. The Morgan fingerprint density at radius 1 is 0.900 bits per heavy atom. The fraction of sp³-hybridized carbons (Fsp3) is 0.889. The van der Waals surface area contributed by atoms with E-state index < -0.39 is 0 Å². The molecular formula is C9H19O. The Kier molecular flexibility index (Phi) is 2.90. The molecule has 0 rings (SSSR count). The third-order valence-corrected chi connectivity index (χ3v) is 0.766. The highest BCUT2D eigenvalue weighted by Crippen LogP contribution is 2.22. The normalized spacial score (nSPS) is 13.8. The first-order valence-corrected chi connectivity index (χ1v) is 3.73. The number of hydrogen-bond acceptors (Lipinski definition) is 1. The standard InChI is InChI=1S/C9H19O/c1-8(2,3)7-10-9(4,5)6/h7H,1-6H3. The van der Waals surface area contributed by atoms with Gasteiger partial charge in [0.1, 0.15) is 0 Å². The van der Waals surface area contributed by atoms with Crippen LogP contribution in [-0.2, 0) is 4.74 Å². The molecule has 0 aromatic carbocycles. The van der Waals surface area contributed by atoms with Crippen LogP contribution < -0.4 is 0 Å². The van der Waals surface area contributed by atoms with Crippen LogP contribution in [0.3, 0.4) is 0 Å². The van der Waals surface area contributed by atoms with Gasteiger partial charge in [-0.2, -0.15) is 0 Å². The molecule has 0 spiro atoms. The highest BCUT2D eigenvalue weighted by Gasteiger charge is 2.17. The van der Waals surface area contributed by atoms with Crippen molar-refractivity contribution in [3.05, 3.63) is 6.61 Å². The SMILES string of the molecule is CC(C)(C)[CH]OC(C)(C)C. The predicted molar refractivity (Wildman–Crippen MR) is 44.6 cm³/mol. The van der Waals surface area contributed by atoms with Crippen LogP contribution in [0.1, 0.15) is 41.5 Å². The highest BCUT2D eigenvalue weighted by molar-refractivity contribution is 4.75. The van der Waals surface area contributed by atoms with Crippen molar-refractivity contribution < 1.29 is 4.74 Å². The van der Waals surface area contributed by atoms with E-state index in [0.29, 0.717) is 0 Å². The van der Waals surface area contributed by atoms with Crippen LogP contribution in [0.15, 0.2) is 0 Å². The van der Waals surface area contributed by atoms with Gasteiger partial charge in [0.2, 0.25) is 0 Å². The maximum atomic E-state index is 5.47. The van der Waals surface area contributed by atoms with E-state index in [1.54, 1.807) is 0 Å². The third-order valence-electron chi connectivity index (χ3n) is 0.766. The van der Waals surface area contributed by atoms with Crippen molar-refractivity contribution in [3.63, 3.8) is 0 Å². The van der Waals surface area contributed by atoms with Gasteiger partial charge in [-0.3, -0.25) is 0 Å². The lowest BCUT2D eigenvalue weighted by Crippen LogP contribution is -2.22. The van der Waals surface area contributed by atoms with E-state index in [4.69, 9.17) is 4.74 Å². The summed E-state index contributed by atoms with van der Waals surface area (Å²) >= 11 is 0. The smallest absolute Gasteiger partial charge is 0.0897 e. The minimum atomic E-state index is -0.0483. The summed E-state index contributed by atoms with van der Waals surface area (Å²) in [5.41, 5.74) is 0.112. The Hall–Kier alpha value is -0.0400. The number of ether oxygens (including phenoxy) is 1. The fourth-order valence-electron chi connectivity index (χ4n) is 0.354. The number of rotatable bonds is 1. The first-order valence-electron chi connectivity index (χ1n) is 3.73. The molecule has 0 bridgehead atoms. The van der Waals surface area contributed by atoms with Crippen molar-refractivity contribution in [2.75, 3.05) is 0 Å². The van der Waals surface area contributed by atoms with Crippen LogP contribution in [0.25, 0.3) is 0 Å². The first-order chi connectivity index (χ1) is 4.21. The van der Waals surface area contributed by atoms with Gasteiger partial charge in [0.15, 0.2) is 0 Å². The van der Waals surface area contributed by atoms with Gasteiger partial charge < -0.3 is 4.74 Å². The Balaban J connectivity index is 3.56. The second kappa shape index (κ2) is 2.91. The van der Waals surface area contributed by atoms with Crippen molar-refractivity contribution in [2.45, 2.75) is 47.1 Å². The minimum Gasteiger partial charge on any atom is -0.369 e. The molecule has 0 aliphatic rings. The molecular weight excluding hydrogens is 124 g/mol. The number of hydrogen-bond donors (Lipinski definition) is 0. The molecule has 1 heteroatoms. The Bertz CT molecular complexity index is 78.3. The molecule has 0 fully saturated rings. The Labute approximate surface area is 64.8 Å². The molecule has 0 heterocycles. The minimum absolute atomic E-state index is 0.0483. The maximum Gasteiger partial charge on any atom is 0.0897 e. The average molecular weight is 143 g/mol. The molecule has 10 heavy (non-hydrogen) atoms. The Morgan fingerprint density at radius 3 is 1.40 bits per heavy atom. The van der Waals surface area contributed by atoms with Gasteiger partial charge in [0, 0.05) is 0 Å². The van der Waals surface area contributed by atoms with Crippen LogP contribution in [-0.4, -0.2) is 5.60 Å². The molecule has 0 saturated heterocycles. The van der Waals surface area contributed by atoms with Gasteiger partial charge in [0.25, 0.3) is 0 Å². The zero-order chi connectivity index (χ0) is 8.41. The molecule has 61 valence electrons. The van der Waals surface area contributed by atoms with Crippen molar-refractivity contribution in [1.82, 2.24) is 0 Å². The first kappa shape index (κ1) is 9.96. The van der Waals surface area contributed by atoms with Crippen molar-refractivity contribution in [1.29, 1.82) is 0 Å². The van der Waals surface area contributed by atoms with E-state index in [0.717, 1.165) is 0 Å². The molecule has 0 unspecified atom stereocenters. The summed E-state index contributed by atoms with van der Waals surface area (Å²) in [5, 5.41) is 0. The summed E-state index contributed by atoms with van der Waals surface area (Å²) in [6.45, 7) is 14.4. The third kappa shape index (κ3) is 7.96. The second-order valence-electron chi connectivity index (χ2n) is 4.71. The average Bonchev–Trinajstić information content (AvgIpc) is 1.57. The summed E-state index contributed by atoms with van der Waals surface area (Å²) in [4.78, 5) is 0. The van der Waals surface area contributed by atoms with E-state index in [1.807, 2.05) is 6.61 Å². The summed E-state index contributed by atoms with van der Waals surface area (Å²) in [7, 11) is 0. The molecule has 0 aliphatic heterocycles. The molecule has 0 atom stereocenters. The topological polar surface area (TPSA) is 9.23 Å². The van der Waals surface area contributed by atoms with E-state index in [2.05, 4.69) is 41.5 Å². The van der Waals surface area contributed by atoms with Crippen LogP contribution in [0.5, 0.6) is 0 Å². The summed E-state index contributed by atoms with van der Waals surface area (Å²) in [6, 6.07) is 0.